The van der Waals surface area contributed by atoms with E-state index in [0.29, 0.717) is 22.7 Å². The molecule has 0 radical (unpaired) electrons. The van der Waals surface area contributed by atoms with Gasteiger partial charge in [0.2, 0.25) is 0 Å². The smallest absolute Gasteiger partial charge is 0.253 e. The fraction of sp³-hybridized carbons (Fsp3) is 0.0800. The average Bonchev–Trinajstić information content (AvgIpc) is 3.23. The zero-order valence-electron chi connectivity index (χ0n) is 16.9. The van der Waals surface area contributed by atoms with E-state index in [9.17, 15) is 4.79 Å². The lowest BCUT2D eigenvalue weighted by molar-refractivity contribution is 0.0785. The van der Waals surface area contributed by atoms with E-state index >= 15 is 0 Å². The van der Waals surface area contributed by atoms with Crippen LogP contribution in [0.4, 0.5) is 0 Å². The molecule has 1 amide bonds. The summed E-state index contributed by atoms with van der Waals surface area (Å²) < 4.78 is 1.82. The van der Waals surface area contributed by atoms with Crippen LogP contribution in [0.1, 0.15) is 21.5 Å². The summed E-state index contributed by atoms with van der Waals surface area (Å²) in [7, 11) is 1.76. The highest BCUT2D eigenvalue weighted by Crippen LogP contribution is 2.26. The van der Waals surface area contributed by atoms with Crippen LogP contribution in [0.5, 0.6) is 0 Å². The van der Waals surface area contributed by atoms with Crippen LogP contribution in [0.2, 0.25) is 5.02 Å². The second-order valence-electron chi connectivity index (χ2n) is 7.14. The number of aromatic nitrogens is 2. The summed E-state index contributed by atoms with van der Waals surface area (Å²) in [5.74, 6) is -0.126. The van der Waals surface area contributed by atoms with E-state index < -0.39 is 0 Å². The van der Waals surface area contributed by atoms with Crippen LogP contribution in [0.15, 0.2) is 85.1 Å². The number of benzene rings is 3. The number of hydrogen-bond acceptors (Lipinski definition) is 3. The highest BCUT2D eigenvalue weighted by Gasteiger charge is 2.18. The SMILES string of the molecule is CN(Cc1cn(-c2ccccc2)nc1-c1ccc(Cl)cc1)C(=O)c1ccc(C#N)cc1. The van der Waals surface area contributed by atoms with E-state index in [4.69, 9.17) is 22.0 Å². The number of halogens is 1. The molecule has 152 valence electrons. The Labute approximate surface area is 185 Å². The lowest BCUT2D eigenvalue weighted by atomic mass is 10.1. The molecular weight excluding hydrogens is 408 g/mol. The van der Waals surface area contributed by atoms with Gasteiger partial charge in [0.05, 0.1) is 23.0 Å². The van der Waals surface area contributed by atoms with Gasteiger partial charge in [-0.1, -0.05) is 41.9 Å². The summed E-state index contributed by atoms with van der Waals surface area (Å²) in [5, 5.41) is 14.4. The summed E-state index contributed by atoms with van der Waals surface area (Å²) in [6, 6.07) is 26.0. The molecule has 0 aliphatic heterocycles. The first kappa shape index (κ1) is 20.4. The minimum Gasteiger partial charge on any atom is -0.337 e. The molecule has 0 N–H and O–H groups in total. The van der Waals surface area contributed by atoms with Gasteiger partial charge in [0, 0.05) is 41.5 Å². The van der Waals surface area contributed by atoms with Crippen molar-refractivity contribution in [3.63, 3.8) is 0 Å². The zero-order chi connectivity index (χ0) is 21.8. The number of carbonyl (C=O) groups excluding carboxylic acids is 1. The molecule has 1 heterocycles. The molecule has 6 heteroatoms. The summed E-state index contributed by atoms with van der Waals surface area (Å²) >= 11 is 6.06. The Balaban J connectivity index is 1.67. The predicted molar refractivity (Wildman–Crippen MR) is 121 cm³/mol. The monoisotopic (exact) mass is 426 g/mol. The van der Waals surface area contributed by atoms with Gasteiger partial charge in [-0.2, -0.15) is 10.4 Å². The van der Waals surface area contributed by atoms with E-state index in [0.717, 1.165) is 22.5 Å². The quantitative estimate of drug-likeness (QED) is 0.433. The van der Waals surface area contributed by atoms with Crippen LogP contribution in [0, 0.1) is 11.3 Å². The first-order valence-electron chi connectivity index (χ1n) is 9.70. The third kappa shape index (κ3) is 4.50. The predicted octanol–water partition coefficient (Wildman–Crippen LogP) is 5.34. The van der Waals surface area contributed by atoms with Crippen molar-refractivity contribution in [2.24, 2.45) is 0 Å². The highest BCUT2D eigenvalue weighted by molar-refractivity contribution is 6.30. The van der Waals surface area contributed by atoms with E-state index in [1.807, 2.05) is 65.5 Å². The number of carbonyl (C=O) groups is 1. The molecule has 0 bridgehead atoms. The summed E-state index contributed by atoms with van der Waals surface area (Å²) in [6.07, 6.45) is 1.95. The second-order valence-corrected chi connectivity index (χ2v) is 7.58. The molecule has 0 fully saturated rings. The Hall–Kier alpha value is -3.88. The molecule has 0 aliphatic carbocycles. The van der Waals surface area contributed by atoms with Crippen molar-refractivity contribution < 1.29 is 4.79 Å². The topological polar surface area (TPSA) is 61.9 Å². The van der Waals surface area contributed by atoms with Crippen LogP contribution < -0.4 is 0 Å². The molecule has 31 heavy (non-hydrogen) atoms. The first-order valence-corrected chi connectivity index (χ1v) is 10.1. The number of nitrogens with zero attached hydrogens (tertiary/aromatic N) is 4. The second kappa shape index (κ2) is 8.86. The Morgan fingerprint density at radius 3 is 2.35 bits per heavy atom. The van der Waals surface area contributed by atoms with Crippen molar-refractivity contribution in [2.75, 3.05) is 7.05 Å². The fourth-order valence-electron chi connectivity index (χ4n) is 3.32. The zero-order valence-corrected chi connectivity index (χ0v) is 17.6. The van der Waals surface area contributed by atoms with Crippen molar-refractivity contribution in [3.8, 4) is 23.0 Å². The van der Waals surface area contributed by atoms with Gasteiger partial charge in [-0.15, -0.1) is 0 Å². The first-order chi connectivity index (χ1) is 15.0. The van der Waals surface area contributed by atoms with Crippen LogP contribution >= 0.6 is 11.6 Å². The molecule has 3 aromatic carbocycles. The Morgan fingerprint density at radius 2 is 1.71 bits per heavy atom. The maximum atomic E-state index is 12.9. The number of amides is 1. The molecular formula is C25H19ClN4O. The van der Waals surface area contributed by atoms with Gasteiger partial charge < -0.3 is 4.90 Å². The van der Waals surface area contributed by atoms with Gasteiger partial charge in [0.1, 0.15) is 0 Å². The van der Waals surface area contributed by atoms with Gasteiger partial charge in [0.25, 0.3) is 5.91 Å². The number of para-hydroxylation sites is 1. The van der Waals surface area contributed by atoms with Gasteiger partial charge >= 0.3 is 0 Å². The Kier molecular flexibility index (Phi) is 5.83. The molecule has 4 rings (SSSR count). The lowest BCUT2D eigenvalue weighted by Crippen LogP contribution is -2.26. The number of nitriles is 1. The molecule has 0 unspecified atom stereocenters. The van der Waals surface area contributed by atoms with Crippen molar-refractivity contribution in [3.05, 3.63) is 107 Å². The van der Waals surface area contributed by atoms with Crippen molar-refractivity contribution in [1.29, 1.82) is 5.26 Å². The highest BCUT2D eigenvalue weighted by atomic mass is 35.5. The summed E-state index contributed by atoms with van der Waals surface area (Å²) in [4.78, 5) is 14.6. The lowest BCUT2D eigenvalue weighted by Gasteiger charge is -2.17. The largest absolute Gasteiger partial charge is 0.337 e. The molecule has 0 saturated carbocycles. The number of rotatable bonds is 5. The van der Waals surface area contributed by atoms with Crippen LogP contribution in [-0.4, -0.2) is 27.6 Å². The minimum absolute atomic E-state index is 0.126. The minimum atomic E-state index is -0.126. The normalized spacial score (nSPS) is 10.5. The van der Waals surface area contributed by atoms with E-state index in [-0.39, 0.29) is 5.91 Å². The molecule has 5 nitrogen and oxygen atoms in total. The van der Waals surface area contributed by atoms with Gasteiger partial charge in [-0.3, -0.25) is 4.79 Å². The average molecular weight is 427 g/mol. The Bertz CT molecular complexity index is 1240. The Morgan fingerprint density at radius 1 is 1.03 bits per heavy atom. The van der Waals surface area contributed by atoms with Gasteiger partial charge in [-0.25, -0.2) is 4.68 Å². The van der Waals surface area contributed by atoms with E-state index in [2.05, 4.69) is 6.07 Å². The van der Waals surface area contributed by atoms with Gasteiger partial charge in [-0.05, 0) is 48.5 Å². The molecule has 0 aliphatic rings. The van der Waals surface area contributed by atoms with E-state index in [1.54, 1.807) is 36.2 Å². The molecule has 0 atom stereocenters. The van der Waals surface area contributed by atoms with E-state index in [1.165, 1.54) is 0 Å². The van der Waals surface area contributed by atoms with Crippen molar-refractivity contribution in [1.82, 2.24) is 14.7 Å². The molecule has 0 saturated heterocycles. The standard InChI is InChI=1S/C25H19ClN4O/c1-29(25(31)20-9-7-18(15-27)8-10-20)16-21-17-30(23-5-3-2-4-6-23)28-24(21)19-11-13-22(26)14-12-19/h2-14,17H,16H2,1H3. The van der Waals surface area contributed by atoms with Crippen molar-refractivity contribution in [2.45, 2.75) is 6.54 Å². The molecule has 4 aromatic rings. The number of hydrogen-bond donors (Lipinski definition) is 0. The molecule has 1 aromatic heterocycles. The van der Waals surface area contributed by atoms with Crippen molar-refractivity contribution >= 4 is 17.5 Å². The van der Waals surface area contributed by atoms with Crippen LogP contribution in [0.3, 0.4) is 0 Å². The maximum Gasteiger partial charge on any atom is 0.253 e. The fourth-order valence-corrected chi connectivity index (χ4v) is 3.45. The van der Waals surface area contributed by atoms with Gasteiger partial charge in [0.15, 0.2) is 0 Å². The maximum absolute atomic E-state index is 12.9. The third-order valence-corrected chi connectivity index (χ3v) is 5.20. The van der Waals surface area contributed by atoms with Crippen LogP contribution in [-0.2, 0) is 6.54 Å². The summed E-state index contributed by atoms with van der Waals surface area (Å²) in [6.45, 7) is 0.379. The van der Waals surface area contributed by atoms with Crippen LogP contribution in [0.25, 0.3) is 16.9 Å². The molecule has 0 spiro atoms. The summed E-state index contributed by atoms with van der Waals surface area (Å²) in [5.41, 5.74) is 4.62. The third-order valence-electron chi connectivity index (χ3n) is 4.94.